The van der Waals surface area contributed by atoms with E-state index in [4.69, 9.17) is 4.42 Å². The van der Waals surface area contributed by atoms with Crippen LogP contribution in [0.2, 0.25) is 0 Å². The van der Waals surface area contributed by atoms with Gasteiger partial charge in [-0.3, -0.25) is 4.79 Å². The monoisotopic (exact) mass is 445 g/mol. The molecule has 31 heavy (non-hydrogen) atoms. The van der Waals surface area contributed by atoms with Gasteiger partial charge >= 0.3 is 5.97 Å². The fourth-order valence-corrected chi connectivity index (χ4v) is 3.66. The third kappa shape index (κ3) is 13.4. The minimum absolute atomic E-state index is 0.308. The Hall–Kier alpha value is -2.47. The van der Waals surface area contributed by atoms with Gasteiger partial charge in [0.2, 0.25) is 5.91 Å². The molecule has 1 aromatic rings. The molecule has 0 aliphatic carbocycles. The molecule has 1 atom stereocenters. The van der Waals surface area contributed by atoms with Gasteiger partial charge in [-0.2, -0.15) is 11.8 Å². The van der Waals surface area contributed by atoms with Gasteiger partial charge < -0.3 is 14.8 Å². The smallest absolute Gasteiger partial charge is 0.327 e. The van der Waals surface area contributed by atoms with Gasteiger partial charge in [-0.25, -0.2) is 4.79 Å². The highest BCUT2D eigenvalue weighted by molar-refractivity contribution is 7.99. The summed E-state index contributed by atoms with van der Waals surface area (Å²) in [6.45, 7) is 8.52. The van der Waals surface area contributed by atoms with Gasteiger partial charge in [-0.05, 0) is 71.6 Å². The van der Waals surface area contributed by atoms with E-state index in [1.807, 2.05) is 0 Å². The van der Waals surface area contributed by atoms with E-state index < -0.39 is 17.9 Å². The van der Waals surface area contributed by atoms with E-state index in [0.717, 1.165) is 31.4 Å². The SMILES string of the molecule is CC(C)=CCC/C(C)=C/CC/C(C)=C/CSC[C@H](NC(=O)/C=C\c1ccco1)C(=O)O. The van der Waals surface area contributed by atoms with Crippen molar-refractivity contribution in [3.63, 3.8) is 0 Å². The van der Waals surface area contributed by atoms with Crippen molar-refractivity contribution in [2.45, 2.75) is 59.4 Å². The number of thioether (sulfide) groups is 1. The molecule has 170 valence electrons. The number of carboxylic acids is 1. The zero-order valence-electron chi connectivity index (χ0n) is 19.0. The first kappa shape index (κ1) is 26.6. The second-order valence-corrected chi connectivity index (χ2v) is 8.82. The minimum Gasteiger partial charge on any atom is -0.480 e. The van der Waals surface area contributed by atoms with E-state index in [2.05, 4.69) is 51.2 Å². The van der Waals surface area contributed by atoms with Crippen LogP contribution in [0.3, 0.4) is 0 Å². The lowest BCUT2D eigenvalue weighted by Crippen LogP contribution is -2.41. The summed E-state index contributed by atoms with van der Waals surface area (Å²) in [6.07, 6.45) is 15.2. The molecule has 0 radical (unpaired) electrons. The highest BCUT2D eigenvalue weighted by Gasteiger charge is 2.18. The number of rotatable bonds is 14. The summed E-state index contributed by atoms with van der Waals surface area (Å²) in [5, 5.41) is 11.9. The number of hydrogen-bond donors (Lipinski definition) is 2. The standard InChI is InChI=1S/C25H35NO4S/c1-19(2)8-5-9-20(3)10-6-11-21(4)15-17-31-18-23(25(28)29)26-24(27)14-13-22-12-7-16-30-22/h7-8,10,12-16,23H,5-6,9,11,17-18H2,1-4H3,(H,26,27)(H,28,29)/b14-13-,20-10+,21-15+/t23-/m0/s1. The minimum atomic E-state index is -1.04. The topological polar surface area (TPSA) is 79.5 Å². The Balaban J connectivity index is 2.33. The van der Waals surface area contributed by atoms with Gasteiger partial charge in [-0.15, -0.1) is 0 Å². The molecule has 6 heteroatoms. The van der Waals surface area contributed by atoms with Crippen molar-refractivity contribution in [3.05, 3.63) is 65.2 Å². The Kier molecular flexibility index (Phi) is 13.2. The van der Waals surface area contributed by atoms with Crippen LogP contribution in [0.25, 0.3) is 6.08 Å². The van der Waals surface area contributed by atoms with E-state index in [1.165, 1.54) is 46.9 Å². The molecule has 0 saturated carbocycles. The quantitative estimate of drug-likeness (QED) is 0.208. The summed E-state index contributed by atoms with van der Waals surface area (Å²) in [4.78, 5) is 23.4. The lowest BCUT2D eigenvalue weighted by molar-refractivity contribution is -0.140. The molecule has 0 bridgehead atoms. The number of hydrogen-bond acceptors (Lipinski definition) is 4. The molecule has 1 rings (SSSR count). The molecule has 2 N–H and O–H groups in total. The zero-order valence-corrected chi connectivity index (χ0v) is 19.8. The molecule has 0 aliphatic heterocycles. The number of carboxylic acid groups (broad SMARTS) is 1. The van der Waals surface area contributed by atoms with Crippen molar-refractivity contribution in [2.75, 3.05) is 11.5 Å². The van der Waals surface area contributed by atoms with Crippen molar-refractivity contribution in [1.29, 1.82) is 0 Å². The van der Waals surface area contributed by atoms with Crippen LogP contribution in [-0.2, 0) is 9.59 Å². The van der Waals surface area contributed by atoms with Gasteiger partial charge in [0, 0.05) is 17.6 Å². The highest BCUT2D eigenvalue weighted by atomic mass is 32.2. The van der Waals surface area contributed by atoms with E-state index in [0.29, 0.717) is 11.5 Å². The number of carbonyl (C=O) groups is 2. The van der Waals surface area contributed by atoms with Crippen molar-refractivity contribution in [3.8, 4) is 0 Å². The van der Waals surface area contributed by atoms with Crippen LogP contribution in [0.15, 0.2) is 63.8 Å². The first-order valence-electron chi connectivity index (χ1n) is 10.5. The first-order chi connectivity index (χ1) is 14.8. The number of furan rings is 1. The summed E-state index contributed by atoms with van der Waals surface area (Å²) >= 11 is 1.49. The van der Waals surface area contributed by atoms with Crippen LogP contribution >= 0.6 is 11.8 Å². The summed E-state index contributed by atoms with van der Waals surface area (Å²) in [5.74, 6) is 0.0688. The van der Waals surface area contributed by atoms with Crippen LogP contribution in [0.1, 0.15) is 59.1 Å². The van der Waals surface area contributed by atoms with Crippen molar-refractivity contribution >= 4 is 29.7 Å². The average molecular weight is 446 g/mol. The fraction of sp³-hybridized carbons (Fsp3) is 0.440. The molecule has 0 saturated heterocycles. The Morgan fingerprint density at radius 1 is 1.10 bits per heavy atom. The summed E-state index contributed by atoms with van der Waals surface area (Å²) < 4.78 is 5.11. The zero-order chi connectivity index (χ0) is 23.1. The molecule has 0 unspecified atom stereocenters. The number of nitrogens with one attached hydrogen (secondary N) is 1. The molecular weight excluding hydrogens is 410 g/mol. The Morgan fingerprint density at radius 3 is 2.39 bits per heavy atom. The summed E-state index contributed by atoms with van der Waals surface area (Å²) in [7, 11) is 0. The lowest BCUT2D eigenvalue weighted by atomic mass is 10.1. The highest BCUT2D eigenvalue weighted by Crippen LogP contribution is 2.13. The molecule has 5 nitrogen and oxygen atoms in total. The van der Waals surface area contributed by atoms with E-state index >= 15 is 0 Å². The Labute approximate surface area is 190 Å². The third-order valence-corrected chi connectivity index (χ3v) is 5.49. The second kappa shape index (κ2) is 15.3. The maximum atomic E-state index is 11.9. The van der Waals surface area contributed by atoms with Gasteiger partial charge in [0.25, 0.3) is 0 Å². The number of allylic oxidation sites excluding steroid dienone is 5. The molecule has 0 aliphatic rings. The number of amides is 1. The maximum absolute atomic E-state index is 11.9. The largest absolute Gasteiger partial charge is 0.480 e. The van der Waals surface area contributed by atoms with E-state index in [1.54, 1.807) is 12.1 Å². The molecule has 1 heterocycles. The lowest BCUT2D eigenvalue weighted by Gasteiger charge is -2.12. The van der Waals surface area contributed by atoms with Crippen molar-refractivity contribution < 1.29 is 19.1 Å². The third-order valence-electron chi connectivity index (χ3n) is 4.51. The van der Waals surface area contributed by atoms with E-state index in [9.17, 15) is 14.7 Å². The van der Waals surface area contributed by atoms with Crippen LogP contribution in [0.5, 0.6) is 0 Å². The molecule has 1 amide bonds. The van der Waals surface area contributed by atoms with Crippen LogP contribution in [0, 0.1) is 0 Å². The maximum Gasteiger partial charge on any atom is 0.327 e. The molecule has 0 spiro atoms. The fourth-order valence-electron chi connectivity index (χ4n) is 2.66. The second-order valence-electron chi connectivity index (χ2n) is 7.75. The van der Waals surface area contributed by atoms with Crippen molar-refractivity contribution in [2.24, 2.45) is 0 Å². The molecule has 0 fully saturated rings. The Morgan fingerprint density at radius 2 is 1.77 bits per heavy atom. The molecular formula is C25H35NO4S. The van der Waals surface area contributed by atoms with Gasteiger partial charge in [0.05, 0.1) is 6.26 Å². The van der Waals surface area contributed by atoms with Gasteiger partial charge in [0.1, 0.15) is 11.8 Å². The van der Waals surface area contributed by atoms with Crippen molar-refractivity contribution in [1.82, 2.24) is 5.32 Å². The molecule has 1 aromatic heterocycles. The van der Waals surface area contributed by atoms with Gasteiger partial charge in [-0.1, -0.05) is 34.9 Å². The molecule has 0 aromatic carbocycles. The Bertz CT molecular complexity index is 799. The van der Waals surface area contributed by atoms with E-state index in [-0.39, 0.29) is 0 Å². The summed E-state index contributed by atoms with van der Waals surface area (Å²) in [5.41, 5.74) is 4.07. The summed E-state index contributed by atoms with van der Waals surface area (Å²) in [6, 6.07) is 2.50. The predicted octanol–water partition coefficient (Wildman–Crippen LogP) is 6.01. The first-order valence-corrected chi connectivity index (χ1v) is 11.7. The average Bonchev–Trinajstić information content (AvgIpc) is 3.22. The van der Waals surface area contributed by atoms with Crippen LogP contribution in [0.4, 0.5) is 0 Å². The van der Waals surface area contributed by atoms with Gasteiger partial charge in [0.15, 0.2) is 0 Å². The predicted molar refractivity (Wildman–Crippen MR) is 130 cm³/mol. The van der Waals surface area contributed by atoms with Crippen LogP contribution < -0.4 is 5.32 Å². The normalized spacial score (nSPS) is 13.3. The number of carbonyl (C=O) groups excluding carboxylic acids is 1. The van der Waals surface area contributed by atoms with Crippen LogP contribution in [-0.4, -0.2) is 34.5 Å². The number of aliphatic carboxylic acids is 1.